The number of aliphatic hydroxyl groups excluding tert-OH is 1. The van der Waals surface area contributed by atoms with Gasteiger partial charge in [0.1, 0.15) is 17.6 Å². The molecule has 2 bridgehead atoms. The molecular weight excluding hydrogens is 526 g/mol. The maximum Gasteiger partial charge on any atom is 0.312 e. The number of amides is 2. The van der Waals surface area contributed by atoms with Crippen LogP contribution in [0.3, 0.4) is 0 Å². The average Bonchev–Trinajstić information content (AvgIpc) is 3.54. The Morgan fingerprint density at radius 2 is 1.98 bits per heavy atom. The van der Waals surface area contributed by atoms with Gasteiger partial charge in [0.2, 0.25) is 11.8 Å². The van der Waals surface area contributed by atoms with Crippen LogP contribution < -0.4 is 0 Å². The number of esters is 1. The molecule has 2 unspecified atom stereocenters. The lowest BCUT2D eigenvalue weighted by atomic mass is 9.66. The summed E-state index contributed by atoms with van der Waals surface area (Å²) in [5.41, 5.74) is -2.06. The fraction of sp³-hybridized carbons (Fsp3) is 0.774. The number of rotatable bonds is 15. The minimum atomic E-state index is -1.16. The van der Waals surface area contributed by atoms with Crippen LogP contribution in [0.5, 0.6) is 0 Å². The lowest BCUT2D eigenvalue weighted by Gasteiger charge is -2.41. The average molecular weight is 576 g/mol. The molecule has 0 radical (unpaired) electrons. The first-order chi connectivity index (χ1) is 19.7. The number of aliphatic hydroxyl groups is 1. The number of allylic oxidation sites excluding steroid dienone is 1. The molecule has 4 heterocycles. The van der Waals surface area contributed by atoms with Crippen LogP contribution in [0.1, 0.15) is 52.9 Å². The Labute approximate surface area is 244 Å². The van der Waals surface area contributed by atoms with E-state index in [4.69, 9.17) is 14.2 Å². The number of carbonyl (C=O) groups excluding carboxylic acids is 3. The normalized spacial score (nSPS) is 32.4. The fourth-order valence-corrected chi connectivity index (χ4v) is 7.37. The summed E-state index contributed by atoms with van der Waals surface area (Å²) >= 11 is 0. The third-order valence-electron chi connectivity index (χ3n) is 9.80. The maximum absolute atomic E-state index is 14.6. The SMILES string of the molecule is C=CCCCOC(=O)[C@@H]1[C@H]2C(=O)N([C@@H](CO)[C@@H](C)CC)C(C(=O)N(CC=C)CCN3CCOCC3)C23CC[C@@]1(C)O3. The van der Waals surface area contributed by atoms with Crippen LogP contribution in [0.15, 0.2) is 25.3 Å². The summed E-state index contributed by atoms with van der Waals surface area (Å²) in [7, 11) is 0. The zero-order chi connectivity index (χ0) is 29.8. The van der Waals surface area contributed by atoms with Crippen molar-refractivity contribution in [3.63, 3.8) is 0 Å². The molecule has 2 amide bonds. The van der Waals surface area contributed by atoms with Crippen LogP contribution in [0.25, 0.3) is 0 Å². The Bertz CT molecular complexity index is 985. The number of nitrogens with zero attached hydrogens (tertiary/aromatic N) is 3. The number of fused-ring (bicyclic) bond motifs is 1. The van der Waals surface area contributed by atoms with Gasteiger partial charge >= 0.3 is 5.97 Å². The van der Waals surface area contributed by atoms with Gasteiger partial charge in [0.15, 0.2) is 0 Å². The molecule has 1 N–H and O–H groups in total. The highest BCUT2D eigenvalue weighted by Gasteiger charge is 2.79. The van der Waals surface area contributed by atoms with Gasteiger partial charge in [0.25, 0.3) is 0 Å². The summed E-state index contributed by atoms with van der Waals surface area (Å²) < 4.78 is 17.9. The zero-order valence-electron chi connectivity index (χ0n) is 25.1. The van der Waals surface area contributed by atoms with Gasteiger partial charge < -0.3 is 29.1 Å². The van der Waals surface area contributed by atoms with Crippen LogP contribution >= 0.6 is 0 Å². The molecular formula is C31H49N3O7. The predicted octanol–water partition coefficient (Wildman–Crippen LogP) is 2.01. The quantitative estimate of drug-likeness (QED) is 0.180. The maximum atomic E-state index is 14.6. The van der Waals surface area contributed by atoms with Crippen molar-refractivity contribution >= 4 is 17.8 Å². The number of ether oxygens (including phenoxy) is 3. The van der Waals surface area contributed by atoms with Crippen molar-refractivity contribution in [1.82, 2.24) is 14.7 Å². The van der Waals surface area contributed by atoms with Crippen molar-refractivity contribution < 1.29 is 33.7 Å². The van der Waals surface area contributed by atoms with Crippen molar-refractivity contribution in [2.45, 2.75) is 76.2 Å². The van der Waals surface area contributed by atoms with Crippen molar-refractivity contribution in [3.8, 4) is 0 Å². The first-order valence-corrected chi connectivity index (χ1v) is 15.3. The van der Waals surface area contributed by atoms with Crippen molar-refractivity contribution in [2.75, 3.05) is 59.2 Å². The first-order valence-electron chi connectivity index (χ1n) is 15.3. The lowest BCUT2D eigenvalue weighted by Crippen LogP contribution is -2.60. The second-order valence-electron chi connectivity index (χ2n) is 12.2. The van der Waals surface area contributed by atoms with Crippen molar-refractivity contribution in [1.29, 1.82) is 0 Å². The van der Waals surface area contributed by atoms with E-state index in [0.717, 1.165) is 19.5 Å². The largest absolute Gasteiger partial charge is 0.465 e. The predicted molar refractivity (Wildman–Crippen MR) is 154 cm³/mol. The fourth-order valence-electron chi connectivity index (χ4n) is 7.37. The number of carbonyl (C=O) groups is 3. The van der Waals surface area contributed by atoms with Crippen LogP contribution in [0, 0.1) is 17.8 Å². The molecule has 0 aliphatic carbocycles. The molecule has 4 fully saturated rings. The summed E-state index contributed by atoms with van der Waals surface area (Å²) in [6, 6.07) is -1.53. The van der Waals surface area contributed by atoms with Crippen LogP contribution in [-0.4, -0.2) is 120 Å². The lowest BCUT2D eigenvalue weighted by molar-refractivity contribution is -0.162. The van der Waals surface area contributed by atoms with Gasteiger partial charge in [-0.1, -0.05) is 32.4 Å². The minimum Gasteiger partial charge on any atom is -0.465 e. The molecule has 7 atom stereocenters. The number of hydrogen-bond donors (Lipinski definition) is 1. The summed E-state index contributed by atoms with van der Waals surface area (Å²) in [5, 5.41) is 10.5. The summed E-state index contributed by atoms with van der Waals surface area (Å²) in [6.07, 6.45) is 6.59. The van der Waals surface area contributed by atoms with Gasteiger partial charge in [-0.3, -0.25) is 19.3 Å². The summed E-state index contributed by atoms with van der Waals surface area (Å²) in [4.78, 5) is 48.2. The highest BCUT2D eigenvalue weighted by molar-refractivity contribution is 5.98. The molecule has 4 aliphatic rings. The molecule has 0 aromatic heterocycles. The Balaban J connectivity index is 1.69. The summed E-state index contributed by atoms with van der Waals surface area (Å²) in [6.45, 7) is 17.8. The van der Waals surface area contributed by atoms with Gasteiger partial charge in [-0.25, -0.2) is 0 Å². The minimum absolute atomic E-state index is 0.0622. The molecule has 41 heavy (non-hydrogen) atoms. The van der Waals surface area contributed by atoms with E-state index in [2.05, 4.69) is 18.1 Å². The van der Waals surface area contributed by atoms with Crippen LogP contribution in [0.4, 0.5) is 0 Å². The third kappa shape index (κ3) is 5.85. The van der Waals surface area contributed by atoms with E-state index in [1.165, 1.54) is 0 Å². The smallest absolute Gasteiger partial charge is 0.312 e. The van der Waals surface area contributed by atoms with Gasteiger partial charge in [0, 0.05) is 32.7 Å². The van der Waals surface area contributed by atoms with Gasteiger partial charge in [-0.2, -0.15) is 0 Å². The molecule has 4 saturated heterocycles. The first kappa shape index (κ1) is 31.7. The summed E-state index contributed by atoms with van der Waals surface area (Å²) in [5.74, 6) is -2.70. The van der Waals surface area contributed by atoms with E-state index < -0.39 is 41.1 Å². The Morgan fingerprint density at radius 3 is 2.61 bits per heavy atom. The molecule has 1 spiro atoms. The molecule has 4 aliphatic heterocycles. The highest BCUT2D eigenvalue weighted by atomic mass is 16.6. The number of morpholine rings is 1. The molecule has 10 heteroatoms. The number of unbranched alkanes of at least 4 members (excludes halogenated alkanes) is 1. The van der Waals surface area contributed by atoms with Crippen molar-refractivity contribution in [2.24, 2.45) is 17.8 Å². The van der Waals surface area contributed by atoms with Gasteiger partial charge in [-0.05, 0) is 38.5 Å². The Kier molecular flexibility index (Phi) is 10.3. The monoisotopic (exact) mass is 575 g/mol. The van der Waals surface area contributed by atoms with E-state index in [1.807, 2.05) is 20.8 Å². The highest BCUT2D eigenvalue weighted by Crippen LogP contribution is 2.64. The molecule has 10 nitrogen and oxygen atoms in total. The second kappa shape index (κ2) is 13.4. The molecule has 230 valence electrons. The zero-order valence-corrected chi connectivity index (χ0v) is 25.1. The Morgan fingerprint density at radius 1 is 1.24 bits per heavy atom. The van der Waals surface area contributed by atoms with Gasteiger partial charge in [0.05, 0.1) is 44.0 Å². The van der Waals surface area contributed by atoms with Crippen LogP contribution in [-0.2, 0) is 28.6 Å². The Hall–Kier alpha value is -2.27. The molecule has 0 aromatic carbocycles. The number of likely N-dealkylation sites (tertiary alicyclic amines) is 1. The topological polar surface area (TPSA) is 109 Å². The molecule has 4 rings (SSSR count). The van der Waals surface area contributed by atoms with E-state index in [9.17, 15) is 19.5 Å². The molecule has 0 saturated carbocycles. The molecule has 0 aromatic rings. The second-order valence-corrected chi connectivity index (χ2v) is 12.2. The standard InChI is InChI=1S/C31H49N3O7/c1-6-9-10-18-40-29(38)25-24-27(36)34(23(21-35)22(4)8-3)26(31(24)12-11-30(25,5)41-31)28(37)33(13-7-2)15-14-32-16-19-39-20-17-32/h6-7,22-26,35H,1-2,8-21H2,3-5H3/t22-,23-,24-,25-,26?,30+,31?/m0/s1. The third-order valence-corrected chi connectivity index (χ3v) is 9.80. The van der Waals surface area contributed by atoms with Gasteiger partial charge in [-0.15, -0.1) is 13.2 Å². The van der Waals surface area contributed by atoms with Crippen LogP contribution in [0.2, 0.25) is 0 Å². The van der Waals surface area contributed by atoms with Crippen molar-refractivity contribution in [3.05, 3.63) is 25.3 Å². The van der Waals surface area contributed by atoms with E-state index in [1.54, 1.807) is 22.0 Å². The van der Waals surface area contributed by atoms with E-state index in [-0.39, 0.29) is 30.9 Å². The number of hydrogen-bond acceptors (Lipinski definition) is 8. The van der Waals surface area contributed by atoms with E-state index in [0.29, 0.717) is 58.5 Å². The van der Waals surface area contributed by atoms with E-state index >= 15 is 0 Å².